The van der Waals surface area contributed by atoms with E-state index in [9.17, 15) is 13.2 Å². The molecule has 0 N–H and O–H groups in total. The summed E-state index contributed by atoms with van der Waals surface area (Å²) < 4.78 is 36.0. The average molecular weight is 493 g/mol. The number of benzene rings is 1. The quantitative estimate of drug-likeness (QED) is 0.627. The Balaban J connectivity index is 1.56. The number of hydrogen-bond donors (Lipinski definition) is 0. The predicted molar refractivity (Wildman–Crippen MR) is 130 cm³/mol. The minimum Gasteiger partial charge on any atom is -0.457 e. The topological polar surface area (TPSA) is 91.8 Å². The summed E-state index contributed by atoms with van der Waals surface area (Å²) in [7, 11) is -3.28. The third-order valence-corrected chi connectivity index (χ3v) is 9.10. The van der Waals surface area contributed by atoms with Crippen LogP contribution >= 0.6 is 0 Å². The van der Waals surface area contributed by atoms with Gasteiger partial charge in [-0.05, 0) is 50.8 Å². The Hall–Kier alpha value is -2.33. The second-order valence-electron chi connectivity index (χ2n) is 9.82. The minimum atomic E-state index is -3.28. The molecule has 2 fully saturated rings. The van der Waals surface area contributed by atoms with Crippen molar-refractivity contribution >= 4 is 21.8 Å². The van der Waals surface area contributed by atoms with Crippen LogP contribution in [0.4, 0.5) is 4.79 Å². The van der Waals surface area contributed by atoms with Gasteiger partial charge >= 0.3 is 6.03 Å². The molecular formula is C24H36N4O5S. The fourth-order valence-electron chi connectivity index (χ4n) is 4.61. The molecular weight excluding hydrogens is 456 g/mol. The van der Waals surface area contributed by atoms with Gasteiger partial charge in [0.2, 0.25) is 5.90 Å². The zero-order valence-corrected chi connectivity index (χ0v) is 21.4. The summed E-state index contributed by atoms with van der Waals surface area (Å²) in [6.07, 6.45) is 0.791. The molecule has 0 saturated carbocycles. The summed E-state index contributed by atoms with van der Waals surface area (Å²) >= 11 is 0. The van der Waals surface area contributed by atoms with Crippen LogP contribution in [0.25, 0.3) is 0 Å². The maximum atomic E-state index is 13.4. The molecule has 1 aromatic rings. The average Bonchev–Trinajstić information content (AvgIpc) is 3.28. The van der Waals surface area contributed by atoms with E-state index in [0.29, 0.717) is 45.3 Å². The van der Waals surface area contributed by atoms with Crippen molar-refractivity contribution in [3.8, 4) is 0 Å². The van der Waals surface area contributed by atoms with Crippen LogP contribution in [0, 0.1) is 19.8 Å². The van der Waals surface area contributed by atoms with Gasteiger partial charge in [0.05, 0.1) is 24.4 Å². The van der Waals surface area contributed by atoms with E-state index in [1.54, 1.807) is 13.8 Å². The van der Waals surface area contributed by atoms with Crippen LogP contribution in [0.3, 0.4) is 0 Å². The van der Waals surface area contributed by atoms with Crippen LogP contribution < -0.4 is 0 Å². The number of rotatable bonds is 5. The Labute approximate surface area is 202 Å². The molecule has 0 aromatic heterocycles. The van der Waals surface area contributed by atoms with Crippen molar-refractivity contribution in [1.82, 2.24) is 14.8 Å². The second-order valence-corrected chi connectivity index (χ2v) is 12.3. The van der Waals surface area contributed by atoms with Crippen LogP contribution in [0.15, 0.2) is 23.3 Å². The van der Waals surface area contributed by atoms with E-state index in [-0.39, 0.29) is 30.5 Å². The lowest BCUT2D eigenvalue weighted by molar-refractivity contribution is 0.0390. The van der Waals surface area contributed by atoms with Crippen molar-refractivity contribution in [2.24, 2.45) is 11.0 Å². The van der Waals surface area contributed by atoms with Crippen molar-refractivity contribution in [1.29, 1.82) is 0 Å². The summed E-state index contributed by atoms with van der Waals surface area (Å²) in [6.45, 7) is 11.1. The highest BCUT2D eigenvalue weighted by atomic mass is 32.2. The van der Waals surface area contributed by atoms with Crippen LogP contribution in [0.5, 0.6) is 0 Å². The van der Waals surface area contributed by atoms with Gasteiger partial charge in [0.25, 0.3) is 0 Å². The number of nitrogens with zero attached hydrogens (tertiary/aromatic N) is 4. The van der Waals surface area contributed by atoms with E-state index in [0.717, 1.165) is 6.42 Å². The first-order valence-corrected chi connectivity index (χ1v) is 13.7. The number of amides is 2. The molecule has 9 nitrogen and oxygen atoms in total. The van der Waals surface area contributed by atoms with Gasteiger partial charge in [-0.2, -0.15) is 0 Å². The smallest absolute Gasteiger partial charge is 0.320 e. The molecule has 2 atom stereocenters. The number of likely N-dealkylation sites (tertiary alicyclic amines) is 1. The van der Waals surface area contributed by atoms with E-state index in [4.69, 9.17) is 9.47 Å². The number of hydrogen-bond acceptors (Lipinski definition) is 7. The molecule has 188 valence electrons. The lowest BCUT2D eigenvalue weighted by Gasteiger charge is -2.40. The Kier molecular flexibility index (Phi) is 7.37. The molecule has 3 aliphatic rings. The van der Waals surface area contributed by atoms with Crippen LogP contribution in [0.1, 0.15) is 42.9 Å². The molecule has 0 radical (unpaired) electrons. The molecule has 3 heterocycles. The summed E-state index contributed by atoms with van der Waals surface area (Å²) in [5.74, 6) is 0.393. The van der Waals surface area contributed by atoms with E-state index in [1.807, 2.05) is 9.80 Å². The summed E-state index contributed by atoms with van der Waals surface area (Å²) in [5.41, 5.74) is 3.67. The number of hydrazone groups is 1. The lowest BCUT2D eigenvalue weighted by atomic mass is 9.83. The highest BCUT2D eigenvalue weighted by Gasteiger charge is 2.38. The third kappa shape index (κ3) is 5.49. The lowest BCUT2D eigenvalue weighted by Crippen LogP contribution is -2.53. The molecule has 34 heavy (non-hydrogen) atoms. The van der Waals surface area contributed by atoms with Gasteiger partial charge < -0.3 is 19.3 Å². The minimum absolute atomic E-state index is 0.0136. The molecule has 2 saturated heterocycles. The first kappa shape index (κ1) is 24.8. The van der Waals surface area contributed by atoms with Crippen LogP contribution in [-0.2, 0) is 19.3 Å². The Morgan fingerprint density at radius 2 is 1.79 bits per heavy atom. The molecule has 3 aliphatic heterocycles. The van der Waals surface area contributed by atoms with Gasteiger partial charge in [-0.3, -0.25) is 0 Å². The Morgan fingerprint density at radius 1 is 1.09 bits per heavy atom. The number of aryl methyl sites for hydroxylation is 2. The first-order valence-electron chi connectivity index (χ1n) is 12.0. The fraction of sp³-hybridized carbons (Fsp3) is 0.667. The zero-order chi connectivity index (χ0) is 24.5. The van der Waals surface area contributed by atoms with E-state index < -0.39 is 15.1 Å². The molecule has 4 rings (SSSR count). The number of morpholine rings is 1. The van der Waals surface area contributed by atoms with Crippen molar-refractivity contribution in [3.63, 3.8) is 0 Å². The SMILES string of the molecule is Cc1ccc(C2CC(C3=NN(CS(=O)(=O)C(C)C)CO3)CN(C(=O)N3CCOCC3)C2)cc1C. The Morgan fingerprint density at radius 3 is 2.47 bits per heavy atom. The number of carbonyl (C=O) groups is 1. The standard InChI is InChI=1S/C24H36N4O5S/c1-17(2)34(30,31)16-28-15-33-23(25-28)22-12-21(20-6-5-18(3)19(4)11-20)13-27(14-22)24(29)26-7-9-32-10-8-26/h5-6,11,17,21-22H,7-10,12-16H2,1-4H3. The fourth-order valence-corrected chi connectivity index (χ4v) is 5.45. The van der Waals surface area contributed by atoms with Gasteiger partial charge in [-0.15, -0.1) is 5.10 Å². The molecule has 2 unspecified atom stereocenters. The second kappa shape index (κ2) is 10.1. The van der Waals surface area contributed by atoms with Gasteiger partial charge in [0.15, 0.2) is 16.6 Å². The van der Waals surface area contributed by atoms with Crippen LogP contribution in [-0.4, -0.2) is 92.4 Å². The molecule has 0 spiro atoms. The molecule has 0 bridgehead atoms. The third-order valence-electron chi connectivity index (χ3n) is 7.00. The predicted octanol–water partition coefficient (Wildman–Crippen LogP) is 2.55. The van der Waals surface area contributed by atoms with Crippen molar-refractivity contribution in [3.05, 3.63) is 34.9 Å². The highest BCUT2D eigenvalue weighted by Crippen LogP contribution is 2.34. The van der Waals surface area contributed by atoms with E-state index >= 15 is 0 Å². The monoisotopic (exact) mass is 492 g/mol. The molecule has 2 amide bonds. The molecule has 10 heteroatoms. The van der Waals surface area contributed by atoms with Crippen LogP contribution in [0.2, 0.25) is 0 Å². The molecule has 0 aliphatic carbocycles. The summed E-state index contributed by atoms with van der Waals surface area (Å²) in [5, 5.41) is 5.52. The summed E-state index contributed by atoms with van der Waals surface area (Å²) in [6, 6.07) is 6.49. The highest BCUT2D eigenvalue weighted by molar-refractivity contribution is 7.91. The maximum absolute atomic E-state index is 13.4. The van der Waals surface area contributed by atoms with Crippen molar-refractivity contribution < 1.29 is 22.7 Å². The van der Waals surface area contributed by atoms with Crippen molar-refractivity contribution in [2.75, 3.05) is 52.0 Å². The van der Waals surface area contributed by atoms with Gasteiger partial charge in [-0.1, -0.05) is 18.2 Å². The number of piperidine rings is 1. The Bertz CT molecular complexity index is 1040. The maximum Gasteiger partial charge on any atom is 0.320 e. The normalized spacial score (nSPS) is 23.8. The largest absolute Gasteiger partial charge is 0.457 e. The first-order chi connectivity index (χ1) is 16.1. The number of urea groups is 1. The number of ether oxygens (including phenoxy) is 2. The van der Waals surface area contributed by atoms with Gasteiger partial charge in [0.1, 0.15) is 5.88 Å². The van der Waals surface area contributed by atoms with Gasteiger partial charge in [0, 0.05) is 32.1 Å². The van der Waals surface area contributed by atoms with Gasteiger partial charge in [-0.25, -0.2) is 18.2 Å². The number of carbonyl (C=O) groups excluding carboxylic acids is 1. The summed E-state index contributed by atoms with van der Waals surface area (Å²) in [4.78, 5) is 17.1. The zero-order valence-electron chi connectivity index (χ0n) is 20.6. The van der Waals surface area contributed by atoms with E-state index in [2.05, 4.69) is 37.1 Å². The van der Waals surface area contributed by atoms with E-state index in [1.165, 1.54) is 21.7 Å². The van der Waals surface area contributed by atoms with Crippen molar-refractivity contribution in [2.45, 2.75) is 45.3 Å². The molecule has 1 aromatic carbocycles. The number of sulfone groups is 1.